The van der Waals surface area contributed by atoms with Gasteiger partial charge in [-0.3, -0.25) is 4.79 Å². The van der Waals surface area contributed by atoms with E-state index in [1.807, 2.05) is 32.0 Å². The fourth-order valence-corrected chi connectivity index (χ4v) is 2.55. The molecule has 1 heterocycles. The Balaban J connectivity index is 2.14. The van der Waals surface area contributed by atoms with E-state index in [0.717, 1.165) is 12.0 Å². The third kappa shape index (κ3) is 4.97. The van der Waals surface area contributed by atoms with E-state index in [0.29, 0.717) is 23.8 Å². The number of carboxylic acids is 1. The van der Waals surface area contributed by atoms with Gasteiger partial charge in [-0.05, 0) is 50.1 Å². The predicted molar refractivity (Wildman–Crippen MR) is 101 cm³/mol. The maximum absolute atomic E-state index is 12.4. The molecule has 0 aliphatic rings. The third-order valence-electron chi connectivity index (χ3n) is 4.05. The van der Waals surface area contributed by atoms with Crippen molar-refractivity contribution in [2.45, 2.75) is 33.2 Å². The van der Waals surface area contributed by atoms with Crippen LogP contribution in [0.5, 0.6) is 11.5 Å². The van der Waals surface area contributed by atoms with E-state index in [9.17, 15) is 9.59 Å². The standard InChI is InChI=1S/C20H24N2O5/c1-5-10-27-17-9-6-14(11-18(17)26-4)12(2)22-19(23)16-8-7-15(20(24)25)13(3)21-16/h6-9,11-12H,5,10H2,1-4H3,(H,22,23)(H,24,25). The highest BCUT2D eigenvalue weighted by Gasteiger charge is 2.17. The molecule has 7 nitrogen and oxygen atoms in total. The Morgan fingerprint density at radius 2 is 1.96 bits per heavy atom. The smallest absolute Gasteiger partial charge is 0.337 e. The molecule has 27 heavy (non-hydrogen) atoms. The number of carbonyl (C=O) groups excluding carboxylic acids is 1. The summed E-state index contributed by atoms with van der Waals surface area (Å²) in [7, 11) is 1.57. The molecule has 1 atom stereocenters. The Bertz CT molecular complexity index is 835. The quantitative estimate of drug-likeness (QED) is 0.737. The van der Waals surface area contributed by atoms with Crippen molar-refractivity contribution in [3.8, 4) is 11.5 Å². The van der Waals surface area contributed by atoms with E-state index in [4.69, 9.17) is 14.6 Å². The van der Waals surface area contributed by atoms with Crippen LogP contribution in [0.1, 0.15) is 58.4 Å². The lowest BCUT2D eigenvalue weighted by atomic mass is 10.1. The van der Waals surface area contributed by atoms with E-state index in [-0.39, 0.29) is 23.2 Å². The molecule has 1 amide bonds. The highest BCUT2D eigenvalue weighted by atomic mass is 16.5. The van der Waals surface area contributed by atoms with Crippen LogP contribution >= 0.6 is 0 Å². The minimum absolute atomic E-state index is 0.0759. The Morgan fingerprint density at radius 1 is 1.22 bits per heavy atom. The lowest BCUT2D eigenvalue weighted by Gasteiger charge is -2.17. The fraction of sp³-hybridized carbons (Fsp3) is 0.350. The number of rotatable bonds is 8. The third-order valence-corrected chi connectivity index (χ3v) is 4.05. The maximum atomic E-state index is 12.4. The van der Waals surface area contributed by atoms with Gasteiger partial charge in [0.2, 0.25) is 0 Å². The van der Waals surface area contributed by atoms with Gasteiger partial charge in [-0.15, -0.1) is 0 Å². The Kier molecular flexibility index (Phi) is 6.76. The zero-order chi connectivity index (χ0) is 20.0. The van der Waals surface area contributed by atoms with Crippen molar-refractivity contribution in [1.29, 1.82) is 0 Å². The molecule has 0 bridgehead atoms. The number of nitrogens with one attached hydrogen (secondary N) is 1. The molecular formula is C20H24N2O5. The summed E-state index contributed by atoms with van der Waals surface area (Å²) in [4.78, 5) is 27.6. The molecule has 0 aliphatic carbocycles. The summed E-state index contributed by atoms with van der Waals surface area (Å²) in [6.07, 6.45) is 0.893. The summed E-state index contributed by atoms with van der Waals surface area (Å²) >= 11 is 0. The van der Waals surface area contributed by atoms with Crippen molar-refractivity contribution < 1.29 is 24.2 Å². The van der Waals surface area contributed by atoms with Crippen molar-refractivity contribution in [3.05, 3.63) is 52.8 Å². The van der Waals surface area contributed by atoms with E-state index in [1.165, 1.54) is 12.1 Å². The molecule has 0 radical (unpaired) electrons. The van der Waals surface area contributed by atoms with Gasteiger partial charge in [-0.25, -0.2) is 9.78 Å². The number of hydrogen-bond donors (Lipinski definition) is 2. The lowest BCUT2D eigenvalue weighted by molar-refractivity contribution is 0.0694. The molecule has 2 N–H and O–H groups in total. The van der Waals surface area contributed by atoms with Crippen LogP contribution in [-0.4, -0.2) is 35.7 Å². The van der Waals surface area contributed by atoms with Gasteiger partial charge < -0.3 is 19.9 Å². The van der Waals surface area contributed by atoms with Crippen LogP contribution in [0.2, 0.25) is 0 Å². The molecule has 2 rings (SSSR count). The first-order valence-corrected chi connectivity index (χ1v) is 8.69. The Morgan fingerprint density at radius 3 is 2.56 bits per heavy atom. The van der Waals surface area contributed by atoms with E-state index < -0.39 is 5.97 Å². The number of ether oxygens (including phenoxy) is 2. The van der Waals surface area contributed by atoms with E-state index in [1.54, 1.807) is 14.0 Å². The number of nitrogens with zero attached hydrogens (tertiary/aromatic N) is 1. The second-order valence-corrected chi connectivity index (χ2v) is 6.09. The summed E-state index contributed by atoms with van der Waals surface area (Å²) < 4.78 is 11.0. The molecule has 1 aromatic carbocycles. The molecular weight excluding hydrogens is 348 g/mol. The van der Waals surface area contributed by atoms with E-state index >= 15 is 0 Å². The van der Waals surface area contributed by atoms with Gasteiger partial charge in [0.15, 0.2) is 11.5 Å². The molecule has 0 spiro atoms. The molecule has 0 fully saturated rings. The number of aromatic carboxylic acids is 1. The zero-order valence-electron chi connectivity index (χ0n) is 15.9. The molecule has 2 aromatic rings. The van der Waals surface area contributed by atoms with Crippen LogP contribution in [0, 0.1) is 6.92 Å². The molecule has 1 aromatic heterocycles. The van der Waals surface area contributed by atoms with Crippen LogP contribution in [0.4, 0.5) is 0 Å². The van der Waals surface area contributed by atoms with Gasteiger partial charge in [0.1, 0.15) is 5.69 Å². The van der Waals surface area contributed by atoms with Crippen LogP contribution in [0.15, 0.2) is 30.3 Å². The zero-order valence-corrected chi connectivity index (χ0v) is 15.9. The molecule has 0 aliphatic heterocycles. The number of pyridine rings is 1. The van der Waals surface area contributed by atoms with Gasteiger partial charge in [-0.1, -0.05) is 13.0 Å². The van der Waals surface area contributed by atoms with Crippen LogP contribution in [-0.2, 0) is 0 Å². The molecule has 0 saturated carbocycles. The Labute approximate surface area is 158 Å². The summed E-state index contributed by atoms with van der Waals surface area (Å²) in [5, 5.41) is 11.9. The number of methoxy groups -OCH3 is 1. The van der Waals surface area contributed by atoms with Crippen molar-refractivity contribution in [2.24, 2.45) is 0 Å². The molecule has 0 saturated heterocycles. The van der Waals surface area contributed by atoms with Gasteiger partial charge >= 0.3 is 5.97 Å². The van der Waals surface area contributed by atoms with Crippen molar-refractivity contribution in [3.63, 3.8) is 0 Å². The summed E-state index contributed by atoms with van der Waals surface area (Å²) in [5.41, 5.74) is 1.39. The lowest BCUT2D eigenvalue weighted by Crippen LogP contribution is -2.27. The van der Waals surface area contributed by atoms with Crippen LogP contribution in [0.25, 0.3) is 0 Å². The fourth-order valence-electron chi connectivity index (χ4n) is 2.55. The SMILES string of the molecule is CCCOc1ccc(C(C)NC(=O)c2ccc(C(=O)O)c(C)n2)cc1OC. The molecule has 1 unspecified atom stereocenters. The number of carboxylic acid groups (broad SMARTS) is 1. The molecule has 7 heteroatoms. The highest BCUT2D eigenvalue weighted by Crippen LogP contribution is 2.30. The van der Waals surface area contributed by atoms with Crippen molar-refractivity contribution in [2.75, 3.05) is 13.7 Å². The minimum Gasteiger partial charge on any atom is -0.493 e. The monoisotopic (exact) mass is 372 g/mol. The topological polar surface area (TPSA) is 97.8 Å². The summed E-state index contributed by atoms with van der Waals surface area (Å²) in [5.74, 6) is -0.198. The average Bonchev–Trinajstić information content (AvgIpc) is 2.65. The first-order valence-electron chi connectivity index (χ1n) is 8.69. The number of carbonyl (C=O) groups is 2. The maximum Gasteiger partial charge on any atom is 0.337 e. The van der Waals surface area contributed by atoms with Crippen LogP contribution in [0.3, 0.4) is 0 Å². The number of aromatic nitrogens is 1. The number of amides is 1. The van der Waals surface area contributed by atoms with Gasteiger partial charge in [0.05, 0.1) is 31.0 Å². The number of benzene rings is 1. The van der Waals surface area contributed by atoms with Crippen LogP contribution < -0.4 is 14.8 Å². The second kappa shape index (κ2) is 9.02. The predicted octanol–water partition coefficient (Wildman–Crippen LogP) is 3.38. The van der Waals surface area contributed by atoms with E-state index in [2.05, 4.69) is 10.3 Å². The summed E-state index contributed by atoms with van der Waals surface area (Å²) in [6, 6.07) is 7.99. The molecule has 144 valence electrons. The average molecular weight is 372 g/mol. The number of aryl methyl sites for hydroxylation is 1. The van der Waals surface area contributed by atoms with Gasteiger partial charge in [-0.2, -0.15) is 0 Å². The first-order chi connectivity index (χ1) is 12.9. The van der Waals surface area contributed by atoms with Gasteiger partial charge in [0.25, 0.3) is 5.91 Å². The van der Waals surface area contributed by atoms with Crippen molar-refractivity contribution in [1.82, 2.24) is 10.3 Å². The largest absolute Gasteiger partial charge is 0.493 e. The normalized spacial score (nSPS) is 11.6. The minimum atomic E-state index is -1.07. The number of hydrogen-bond acceptors (Lipinski definition) is 5. The second-order valence-electron chi connectivity index (χ2n) is 6.09. The Hall–Kier alpha value is -3.09. The highest BCUT2D eigenvalue weighted by molar-refractivity contribution is 5.94. The first kappa shape index (κ1) is 20.2. The summed E-state index contributed by atoms with van der Waals surface area (Å²) in [6.45, 7) is 6.03. The van der Waals surface area contributed by atoms with Gasteiger partial charge in [0, 0.05) is 0 Å². The van der Waals surface area contributed by atoms with Crippen molar-refractivity contribution >= 4 is 11.9 Å².